The topological polar surface area (TPSA) is 40.5 Å². The number of benzene rings is 1. The van der Waals surface area contributed by atoms with E-state index >= 15 is 0 Å². The number of aliphatic hydroxyl groups is 2. The number of aliphatic hydroxyl groups excluding tert-OH is 2. The van der Waals surface area contributed by atoms with Crippen LogP contribution < -0.4 is 0 Å². The predicted octanol–water partition coefficient (Wildman–Crippen LogP) is 2.17. The third-order valence-corrected chi connectivity index (χ3v) is 3.54. The first-order chi connectivity index (χ1) is 7.13. The highest BCUT2D eigenvalue weighted by Gasteiger charge is 2.04. The van der Waals surface area contributed by atoms with E-state index in [4.69, 9.17) is 10.2 Å². The summed E-state index contributed by atoms with van der Waals surface area (Å²) in [5.74, 6) is 0.890. The summed E-state index contributed by atoms with van der Waals surface area (Å²) < 4.78 is 13.3. The van der Waals surface area contributed by atoms with Crippen molar-refractivity contribution in [3.05, 3.63) is 34.1 Å². The molecule has 0 amide bonds. The highest BCUT2D eigenvalue weighted by molar-refractivity contribution is 9.10. The van der Waals surface area contributed by atoms with Gasteiger partial charge in [0.05, 0.1) is 17.2 Å². The minimum atomic E-state index is -0.682. The Hall–Kier alpha value is -0.100. The van der Waals surface area contributed by atoms with Crippen LogP contribution in [-0.4, -0.2) is 28.7 Å². The molecule has 0 bridgehead atoms. The summed E-state index contributed by atoms with van der Waals surface area (Å²) in [6, 6.07) is 4.83. The number of halogens is 2. The Morgan fingerprint density at radius 3 is 2.80 bits per heavy atom. The third-order valence-electron chi connectivity index (χ3n) is 1.77. The SMILES string of the molecule is OCC(O)CSCc1ccc(F)c(Br)c1. The van der Waals surface area contributed by atoms with Crippen molar-refractivity contribution in [3.63, 3.8) is 0 Å². The molecule has 0 saturated heterocycles. The minimum Gasteiger partial charge on any atom is -0.394 e. The van der Waals surface area contributed by atoms with E-state index in [1.165, 1.54) is 17.8 Å². The molecule has 0 aromatic heterocycles. The minimum absolute atomic E-state index is 0.222. The second-order valence-electron chi connectivity index (χ2n) is 3.10. The molecule has 2 N–H and O–H groups in total. The van der Waals surface area contributed by atoms with Crippen LogP contribution >= 0.6 is 27.7 Å². The Labute approximate surface area is 101 Å². The van der Waals surface area contributed by atoms with Crippen LogP contribution in [0.4, 0.5) is 4.39 Å². The van der Waals surface area contributed by atoms with Gasteiger partial charge in [-0.3, -0.25) is 0 Å². The molecule has 0 radical (unpaired) electrons. The molecule has 0 fully saturated rings. The molecule has 1 aromatic carbocycles. The maximum atomic E-state index is 12.9. The Kier molecular flexibility index (Phi) is 5.60. The molecule has 15 heavy (non-hydrogen) atoms. The van der Waals surface area contributed by atoms with Crippen molar-refractivity contribution in [1.29, 1.82) is 0 Å². The monoisotopic (exact) mass is 294 g/mol. The number of hydrogen-bond donors (Lipinski definition) is 2. The lowest BCUT2D eigenvalue weighted by Gasteiger charge is -2.06. The van der Waals surface area contributed by atoms with Crippen LogP contribution in [0.5, 0.6) is 0 Å². The summed E-state index contributed by atoms with van der Waals surface area (Å²) in [7, 11) is 0. The molecule has 1 rings (SSSR count). The van der Waals surface area contributed by atoms with Gasteiger partial charge in [-0.05, 0) is 33.6 Å². The van der Waals surface area contributed by atoms with Crippen LogP contribution in [0.1, 0.15) is 5.56 Å². The van der Waals surface area contributed by atoms with Gasteiger partial charge in [0, 0.05) is 11.5 Å². The summed E-state index contributed by atoms with van der Waals surface area (Å²) in [6.45, 7) is -0.222. The molecule has 2 nitrogen and oxygen atoms in total. The van der Waals surface area contributed by atoms with Crippen LogP contribution in [0.15, 0.2) is 22.7 Å². The predicted molar refractivity (Wildman–Crippen MR) is 63.4 cm³/mol. The summed E-state index contributed by atoms with van der Waals surface area (Å²) in [4.78, 5) is 0. The van der Waals surface area contributed by atoms with Gasteiger partial charge in [-0.25, -0.2) is 4.39 Å². The van der Waals surface area contributed by atoms with Crippen molar-refractivity contribution in [3.8, 4) is 0 Å². The second kappa shape index (κ2) is 6.48. The van der Waals surface area contributed by atoms with Gasteiger partial charge in [0.15, 0.2) is 0 Å². The number of thioether (sulfide) groups is 1. The van der Waals surface area contributed by atoms with Crippen molar-refractivity contribution in [2.45, 2.75) is 11.9 Å². The summed E-state index contributed by atoms with van der Waals surface area (Å²) >= 11 is 4.61. The second-order valence-corrected chi connectivity index (χ2v) is 4.98. The lowest BCUT2D eigenvalue weighted by Crippen LogP contribution is -2.14. The molecule has 0 aliphatic rings. The maximum Gasteiger partial charge on any atom is 0.137 e. The van der Waals surface area contributed by atoms with Crippen molar-refractivity contribution in [1.82, 2.24) is 0 Å². The van der Waals surface area contributed by atoms with Gasteiger partial charge in [0.2, 0.25) is 0 Å². The normalized spacial score (nSPS) is 12.8. The van der Waals surface area contributed by atoms with Gasteiger partial charge in [-0.2, -0.15) is 11.8 Å². The van der Waals surface area contributed by atoms with Crippen molar-refractivity contribution in [2.24, 2.45) is 0 Å². The van der Waals surface area contributed by atoms with Gasteiger partial charge in [-0.1, -0.05) is 6.07 Å². The quantitative estimate of drug-likeness (QED) is 0.874. The highest BCUT2D eigenvalue weighted by atomic mass is 79.9. The van der Waals surface area contributed by atoms with Gasteiger partial charge in [0.25, 0.3) is 0 Å². The van der Waals surface area contributed by atoms with Crippen molar-refractivity contribution >= 4 is 27.7 Å². The smallest absolute Gasteiger partial charge is 0.137 e. The first kappa shape index (κ1) is 13.0. The molecule has 0 saturated carbocycles. The van der Waals surface area contributed by atoms with E-state index < -0.39 is 6.10 Å². The largest absolute Gasteiger partial charge is 0.394 e. The van der Waals surface area contributed by atoms with Gasteiger partial charge in [0.1, 0.15) is 5.82 Å². The van der Waals surface area contributed by atoms with Gasteiger partial charge >= 0.3 is 0 Å². The zero-order valence-electron chi connectivity index (χ0n) is 7.99. The fraction of sp³-hybridized carbons (Fsp3) is 0.400. The van der Waals surface area contributed by atoms with Crippen LogP contribution in [-0.2, 0) is 5.75 Å². The molecule has 0 spiro atoms. The fourth-order valence-electron chi connectivity index (χ4n) is 0.995. The summed E-state index contributed by atoms with van der Waals surface area (Å²) in [5, 5.41) is 17.7. The zero-order valence-corrected chi connectivity index (χ0v) is 10.4. The van der Waals surface area contributed by atoms with Crippen LogP contribution in [0.2, 0.25) is 0 Å². The van der Waals surface area contributed by atoms with Crippen molar-refractivity contribution in [2.75, 3.05) is 12.4 Å². The van der Waals surface area contributed by atoms with Crippen LogP contribution in [0.25, 0.3) is 0 Å². The van der Waals surface area contributed by atoms with E-state index in [0.717, 1.165) is 5.56 Å². The third kappa shape index (κ3) is 4.51. The lowest BCUT2D eigenvalue weighted by molar-refractivity contribution is 0.113. The van der Waals surface area contributed by atoms with E-state index in [0.29, 0.717) is 16.0 Å². The molecule has 5 heteroatoms. The van der Waals surface area contributed by atoms with E-state index in [-0.39, 0.29) is 12.4 Å². The molecule has 0 heterocycles. The van der Waals surface area contributed by atoms with Crippen LogP contribution in [0, 0.1) is 5.82 Å². The fourth-order valence-corrected chi connectivity index (χ4v) is 2.33. The molecule has 0 aliphatic carbocycles. The molecule has 84 valence electrons. The average molecular weight is 295 g/mol. The summed E-state index contributed by atoms with van der Waals surface area (Å²) in [5.41, 5.74) is 0.985. The molecular formula is C10H12BrFO2S. The van der Waals surface area contributed by atoms with Crippen molar-refractivity contribution < 1.29 is 14.6 Å². The standard InChI is InChI=1S/C10H12BrFO2S/c11-9-3-7(1-2-10(9)12)5-15-6-8(14)4-13/h1-3,8,13-14H,4-6H2. The van der Waals surface area contributed by atoms with Gasteiger partial charge in [-0.15, -0.1) is 0 Å². The summed E-state index contributed by atoms with van der Waals surface area (Å²) in [6.07, 6.45) is -0.682. The Bertz CT molecular complexity index is 322. The first-order valence-electron chi connectivity index (χ1n) is 4.44. The Balaban J connectivity index is 2.41. The van der Waals surface area contributed by atoms with E-state index in [2.05, 4.69) is 15.9 Å². The Morgan fingerprint density at radius 2 is 2.20 bits per heavy atom. The molecule has 1 unspecified atom stereocenters. The molecular weight excluding hydrogens is 283 g/mol. The van der Waals surface area contributed by atoms with E-state index in [1.807, 2.05) is 0 Å². The molecule has 1 aromatic rings. The van der Waals surface area contributed by atoms with Gasteiger partial charge < -0.3 is 10.2 Å². The van der Waals surface area contributed by atoms with E-state index in [9.17, 15) is 4.39 Å². The van der Waals surface area contributed by atoms with E-state index in [1.54, 1.807) is 12.1 Å². The highest BCUT2D eigenvalue weighted by Crippen LogP contribution is 2.20. The lowest BCUT2D eigenvalue weighted by atomic mass is 10.2. The molecule has 1 atom stereocenters. The van der Waals surface area contributed by atoms with Crippen LogP contribution in [0.3, 0.4) is 0 Å². The number of hydrogen-bond acceptors (Lipinski definition) is 3. The zero-order chi connectivity index (χ0) is 11.3. The first-order valence-corrected chi connectivity index (χ1v) is 6.39. The maximum absolute atomic E-state index is 12.9. The number of rotatable bonds is 5. The average Bonchev–Trinajstić information content (AvgIpc) is 2.23. The molecule has 0 aliphatic heterocycles. The Morgan fingerprint density at radius 1 is 1.47 bits per heavy atom.